The Hall–Kier alpha value is -2.48. The summed E-state index contributed by atoms with van der Waals surface area (Å²) in [5.41, 5.74) is 0.524. The largest absolute Gasteiger partial charge is 0.486 e. The summed E-state index contributed by atoms with van der Waals surface area (Å²) in [6.07, 6.45) is 3.28. The molecule has 162 valence electrons. The second-order valence-electron chi connectivity index (χ2n) is 8.18. The van der Waals surface area contributed by atoms with Gasteiger partial charge in [-0.25, -0.2) is 4.39 Å². The SMILES string of the molecule is CCN(CC)[C@H]1CCC[C@H]1Oc1ccc2c(c1F)CN(C1CCC(=O)NC1=O)C2=O. The minimum atomic E-state index is -0.756. The molecule has 0 spiro atoms. The zero-order valence-corrected chi connectivity index (χ0v) is 17.4. The number of carbonyl (C=O) groups is 3. The molecule has 0 bridgehead atoms. The smallest absolute Gasteiger partial charge is 0.255 e. The first-order valence-corrected chi connectivity index (χ1v) is 10.8. The van der Waals surface area contributed by atoms with Crippen molar-refractivity contribution in [1.29, 1.82) is 0 Å². The average Bonchev–Trinajstić information content (AvgIpc) is 3.31. The van der Waals surface area contributed by atoms with E-state index < -0.39 is 17.8 Å². The van der Waals surface area contributed by atoms with Crippen LogP contribution in [0.1, 0.15) is 61.9 Å². The van der Waals surface area contributed by atoms with Crippen LogP contribution in [0.5, 0.6) is 5.75 Å². The molecule has 3 aliphatic rings. The van der Waals surface area contributed by atoms with Gasteiger partial charge in [0.2, 0.25) is 11.8 Å². The highest BCUT2D eigenvalue weighted by Crippen LogP contribution is 2.35. The van der Waals surface area contributed by atoms with Crippen LogP contribution in [0, 0.1) is 5.82 Å². The molecule has 4 rings (SSSR count). The Labute approximate surface area is 175 Å². The molecule has 1 aromatic carbocycles. The molecular weight excluding hydrogens is 389 g/mol. The Morgan fingerprint density at radius 1 is 1.17 bits per heavy atom. The topological polar surface area (TPSA) is 79.0 Å². The van der Waals surface area contributed by atoms with E-state index in [-0.39, 0.29) is 60.2 Å². The van der Waals surface area contributed by atoms with Crippen LogP contribution in [-0.4, -0.2) is 58.8 Å². The first-order valence-electron chi connectivity index (χ1n) is 10.8. The van der Waals surface area contributed by atoms with Crippen LogP contribution < -0.4 is 10.1 Å². The number of hydrogen-bond acceptors (Lipinski definition) is 5. The molecule has 1 aliphatic carbocycles. The molecule has 1 saturated heterocycles. The molecule has 3 amide bonds. The highest BCUT2D eigenvalue weighted by molar-refractivity contribution is 6.05. The molecule has 30 heavy (non-hydrogen) atoms. The molecule has 2 heterocycles. The van der Waals surface area contributed by atoms with E-state index in [0.29, 0.717) is 0 Å². The lowest BCUT2D eigenvalue weighted by Gasteiger charge is -2.31. The van der Waals surface area contributed by atoms with Crippen LogP contribution >= 0.6 is 0 Å². The fourth-order valence-corrected chi connectivity index (χ4v) is 4.99. The number of rotatable bonds is 6. The maximum absolute atomic E-state index is 15.3. The Kier molecular flexibility index (Phi) is 5.77. The summed E-state index contributed by atoms with van der Waals surface area (Å²) in [5.74, 6) is -1.60. The van der Waals surface area contributed by atoms with Gasteiger partial charge in [0, 0.05) is 23.6 Å². The van der Waals surface area contributed by atoms with Crippen LogP contribution in [0.3, 0.4) is 0 Å². The van der Waals surface area contributed by atoms with Crippen LogP contribution in [-0.2, 0) is 16.1 Å². The third-order valence-corrected chi connectivity index (χ3v) is 6.59. The van der Waals surface area contributed by atoms with E-state index in [1.807, 2.05) is 0 Å². The Bertz CT molecular complexity index is 870. The number of fused-ring (bicyclic) bond motifs is 1. The van der Waals surface area contributed by atoms with Gasteiger partial charge in [0.05, 0.1) is 6.54 Å². The predicted octanol–water partition coefficient (Wildman–Crippen LogP) is 2.23. The number of nitrogens with one attached hydrogen (secondary N) is 1. The van der Waals surface area contributed by atoms with E-state index >= 15 is 4.39 Å². The summed E-state index contributed by atoms with van der Waals surface area (Å²) in [7, 11) is 0. The van der Waals surface area contributed by atoms with Crippen LogP contribution in [0.25, 0.3) is 0 Å². The van der Waals surface area contributed by atoms with E-state index in [1.165, 1.54) is 11.0 Å². The number of likely N-dealkylation sites (N-methyl/N-ethyl adjacent to an activating group) is 1. The number of nitrogens with zero attached hydrogens (tertiary/aromatic N) is 2. The first kappa shape index (κ1) is 20.8. The highest BCUT2D eigenvalue weighted by atomic mass is 19.1. The zero-order valence-electron chi connectivity index (χ0n) is 17.4. The molecule has 1 aromatic rings. The summed E-state index contributed by atoms with van der Waals surface area (Å²) in [4.78, 5) is 40.1. The molecule has 1 unspecified atom stereocenters. The summed E-state index contributed by atoms with van der Waals surface area (Å²) in [6.45, 7) is 6.08. The van der Waals surface area contributed by atoms with Gasteiger partial charge in [-0.05, 0) is 50.9 Å². The second kappa shape index (κ2) is 8.34. The number of piperidine rings is 1. The molecule has 2 aliphatic heterocycles. The summed E-state index contributed by atoms with van der Waals surface area (Å²) in [5, 5.41) is 2.26. The number of hydrogen-bond donors (Lipinski definition) is 1. The van der Waals surface area contributed by atoms with E-state index in [9.17, 15) is 14.4 Å². The molecule has 2 fully saturated rings. The monoisotopic (exact) mass is 417 g/mol. The Morgan fingerprint density at radius 2 is 1.93 bits per heavy atom. The zero-order chi connectivity index (χ0) is 21.4. The number of benzene rings is 1. The lowest BCUT2D eigenvalue weighted by atomic mass is 10.0. The molecule has 8 heteroatoms. The Balaban J connectivity index is 1.53. The molecule has 0 radical (unpaired) electrons. The van der Waals surface area contributed by atoms with Crippen molar-refractivity contribution in [3.05, 3.63) is 29.1 Å². The molecule has 1 saturated carbocycles. The average molecular weight is 417 g/mol. The maximum Gasteiger partial charge on any atom is 0.255 e. The molecule has 7 nitrogen and oxygen atoms in total. The standard InChI is InChI=1S/C22H28FN3O4/c1-3-25(4-2)15-6-5-7-17(15)30-18-10-8-13-14(20(18)23)12-26(22(13)29)16-9-11-19(27)24-21(16)28/h8,10,15-17H,3-7,9,11-12H2,1-2H3,(H,24,27,28)/t15-,16?,17+/m0/s1. The van der Waals surface area contributed by atoms with Gasteiger partial charge in [-0.2, -0.15) is 0 Å². The number of amides is 3. The van der Waals surface area contributed by atoms with Gasteiger partial charge in [-0.3, -0.25) is 24.6 Å². The first-order chi connectivity index (χ1) is 14.4. The van der Waals surface area contributed by atoms with Gasteiger partial charge in [0.25, 0.3) is 5.91 Å². The van der Waals surface area contributed by atoms with Crippen LogP contribution in [0.15, 0.2) is 12.1 Å². The van der Waals surface area contributed by atoms with E-state index in [0.717, 1.165) is 32.4 Å². The minimum absolute atomic E-state index is 0.00756. The van der Waals surface area contributed by atoms with Crippen molar-refractivity contribution in [2.45, 2.75) is 70.7 Å². The minimum Gasteiger partial charge on any atom is -0.486 e. The quantitative estimate of drug-likeness (QED) is 0.718. The van der Waals surface area contributed by atoms with Gasteiger partial charge in [-0.1, -0.05) is 13.8 Å². The number of ether oxygens (including phenoxy) is 1. The van der Waals surface area contributed by atoms with Crippen molar-refractivity contribution in [1.82, 2.24) is 15.1 Å². The van der Waals surface area contributed by atoms with E-state index in [4.69, 9.17) is 4.74 Å². The van der Waals surface area contributed by atoms with Crippen LogP contribution in [0.4, 0.5) is 4.39 Å². The summed E-state index contributed by atoms with van der Waals surface area (Å²) in [6, 6.07) is 2.61. The number of carbonyl (C=O) groups excluding carboxylic acids is 3. The predicted molar refractivity (Wildman–Crippen MR) is 107 cm³/mol. The highest BCUT2D eigenvalue weighted by Gasteiger charge is 2.41. The number of halogens is 1. The van der Waals surface area contributed by atoms with Gasteiger partial charge in [0.15, 0.2) is 11.6 Å². The van der Waals surface area contributed by atoms with Crippen molar-refractivity contribution >= 4 is 17.7 Å². The third-order valence-electron chi connectivity index (χ3n) is 6.59. The maximum atomic E-state index is 15.3. The lowest BCUT2D eigenvalue weighted by molar-refractivity contribution is -0.136. The Morgan fingerprint density at radius 3 is 2.63 bits per heavy atom. The summed E-state index contributed by atoms with van der Waals surface area (Å²) >= 11 is 0. The van der Waals surface area contributed by atoms with E-state index in [1.54, 1.807) is 6.07 Å². The number of imide groups is 1. The second-order valence-corrected chi connectivity index (χ2v) is 8.18. The molecular formula is C22H28FN3O4. The fraction of sp³-hybridized carbons (Fsp3) is 0.591. The third kappa shape index (κ3) is 3.57. The lowest BCUT2D eigenvalue weighted by Crippen LogP contribution is -2.52. The van der Waals surface area contributed by atoms with E-state index in [2.05, 4.69) is 24.1 Å². The normalized spacial score (nSPS) is 26.3. The van der Waals surface area contributed by atoms with Crippen molar-refractivity contribution in [3.8, 4) is 5.75 Å². The van der Waals surface area contributed by atoms with Gasteiger partial charge in [0.1, 0.15) is 12.1 Å². The van der Waals surface area contributed by atoms with Crippen molar-refractivity contribution in [2.24, 2.45) is 0 Å². The molecule has 3 atom stereocenters. The van der Waals surface area contributed by atoms with Gasteiger partial charge < -0.3 is 9.64 Å². The van der Waals surface area contributed by atoms with Crippen molar-refractivity contribution in [3.63, 3.8) is 0 Å². The van der Waals surface area contributed by atoms with Crippen molar-refractivity contribution < 1.29 is 23.5 Å². The van der Waals surface area contributed by atoms with Crippen LogP contribution in [0.2, 0.25) is 0 Å². The summed E-state index contributed by atoms with van der Waals surface area (Å²) < 4.78 is 21.4. The van der Waals surface area contributed by atoms with Gasteiger partial charge >= 0.3 is 0 Å². The van der Waals surface area contributed by atoms with Gasteiger partial charge in [-0.15, -0.1) is 0 Å². The van der Waals surface area contributed by atoms with Crippen molar-refractivity contribution in [2.75, 3.05) is 13.1 Å². The molecule has 1 N–H and O–H groups in total. The fourth-order valence-electron chi connectivity index (χ4n) is 4.99. The molecule has 0 aromatic heterocycles.